The van der Waals surface area contributed by atoms with E-state index >= 15 is 0 Å². The maximum Gasteiger partial charge on any atom is 0.335 e. The van der Waals surface area contributed by atoms with E-state index in [0.29, 0.717) is 6.42 Å². The van der Waals surface area contributed by atoms with Gasteiger partial charge in [-0.25, -0.2) is 17.5 Å². The lowest BCUT2D eigenvalue weighted by atomic mass is 10.1. The number of rotatable bonds is 7. The monoisotopic (exact) mass is 378 g/mol. The predicted octanol–water partition coefficient (Wildman–Crippen LogP) is 4.89. The Balaban J connectivity index is 2.12. The Bertz CT molecular complexity index is 692. The number of hydrogen-bond acceptors (Lipinski definition) is 3. The largest absolute Gasteiger partial charge is 0.335 e. The molecule has 0 bridgehead atoms. The minimum Gasteiger partial charge on any atom is -0.306 e. The molecule has 5 nitrogen and oxygen atoms in total. The predicted molar refractivity (Wildman–Crippen MR) is 92.7 cm³/mol. The van der Waals surface area contributed by atoms with Gasteiger partial charge in [-0.05, 0) is 18.6 Å². The summed E-state index contributed by atoms with van der Waals surface area (Å²) in [4.78, 5) is 12.0. The van der Waals surface area contributed by atoms with Crippen LogP contribution in [0.5, 0.6) is 0 Å². The number of amides is 2. The van der Waals surface area contributed by atoms with Gasteiger partial charge in [-0.3, -0.25) is 0 Å². The zero-order valence-electron chi connectivity index (χ0n) is 12.9. The van der Waals surface area contributed by atoms with E-state index in [1.807, 2.05) is 0 Å². The second kappa shape index (κ2) is 7.73. The molecule has 0 radical (unpaired) electrons. The fourth-order valence-electron chi connectivity index (χ4n) is 2.57. The van der Waals surface area contributed by atoms with Gasteiger partial charge in [0.2, 0.25) is 0 Å². The number of nitrogens with zero attached hydrogens (tertiary/aromatic N) is 1. The van der Waals surface area contributed by atoms with E-state index in [1.165, 1.54) is 18.6 Å². The molecule has 0 aromatic heterocycles. The van der Waals surface area contributed by atoms with Gasteiger partial charge in [0.1, 0.15) is 4.90 Å². The number of unbranched alkanes of at least 4 members (excludes halogenated alkanes) is 5. The number of halogens is 2. The van der Waals surface area contributed by atoms with E-state index < -0.39 is 16.1 Å². The van der Waals surface area contributed by atoms with Crippen molar-refractivity contribution >= 4 is 44.9 Å². The highest BCUT2D eigenvalue weighted by atomic mass is 35.5. The molecule has 1 aliphatic rings. The standard InChI is InChI=1S/C15H20Cl2N2O3S/c1-2-3-4-5-6-7-8-19-15(20)18-13-10-11(16)9-12(17)14(13)23(19,21)22/h9-10H,2-8H2,1H3,(H,18,20). The van der Waals surface area contributed by atoms with Gasteiger partial charge in [0.15, 0.2) is 0 Å². The molecule has 128 valence electrons. The Morgan fingerprint density at radius 3 is 2.43 bits per heavy atom. The number of sulfonamides is 1. The Kier molecular flexibility index (Phi) is 6.17. The summed E-state index contributed by atoms with van der Waals surface area (Å²) >= 11 is 11.9. The van der Waals surface area contributed by atoms with E-state index in [-0.39, 0.29) is 27.2 Å². The van der Waals surface area contributed by atoms with Crippen molar-refractivity contribution < 1.29 is 13.2 Å². The van der Waals surface area contributed by atoms with Crippen LogP contribution in [0.15, 0.2) is 17.0 Å². The maximum atomic E-state index is 12.7. The summed E-state index contributed by atoms with van der Waals surface area (Å²) in [6.07, 6.45) is 6.02. The van der Waals surface area contributed by atoms with E-state index in [0.717, 1.165) is 30.0 Å². The number of benzene rings is 1. The van der Waals surface area contributed by atoms with Gasteiger partial charge >= 0.3 is 6.03 Å². The van der Waals surface area contributed by atoms with Crippen LogP contribution in [-0.4, -0.2) is 25.3 Å². The number of carbonyl (C=O) groups excluding carboxylic acids is 1. The van der Waals surface area contributed by atoms with Crippen LogP contribution in [-0.2, 0) is 10.0 Å². The molecule has 1 heterocycles. The molecule has 1 N–H and O–H groups in total. The number of urea groups is 1. The smallest absolute Gasteiger partial charge is 0.306 e. The van der Waals surface area contributed by atoms with Crippen molar-refractivity contribution in [2.24, 2.45) is 0 Å². The lowest BCUT2D eigenvalue weighted by Gasteiger charge is -2.29. The molecule has 0 spiro atoms. The highest BCUT2D eigenvalue weighted by Gasteiger charge is 2.38. The fourth-order valence-corrected chi connectivity index (χ4v) is 4.90. The summed E-state index contributed by atoms with van der Waals surface area (Å²) in [5.41, 5.74) is 0.131. The molecule has 2 amide bonds. The third-order valence-electron chi connectivity index (χ3n) is 3.74. The molecular weight excluding hydrogens is 359 g/mol. The number of fused-ring (bicyclic) bond motifs is 1. The number of nitrogens with one attached hydrogen (secondary N) is 1. The average Bonchev–Trinajstić information content (AvgIpc) is 2.43. The number of carbonyl (C=O) groups is 1. The molecule has 0 unspecified atom stereocenters. The summed E-state index contributed by atoms with van der Waals surface area (Å²) in [6.45, 7) is 2.29. The Labute approximate surface area is 147 Å². The minimum atomic E-state index is -3.95. The molecule has 0 fully saturated rings. The molecule has 0 atom stereocenters. The van der Waals surface area contributed by atoms with Crippen molar-refractivity contribution in [3.63, 3.8) is 0 Å². The maximum absolute atomic E-state index is 12.7. The van der Waals surface area contributed by atoms with Gasteiger partial charge in [0.25, 0.3) is 10.0 Å². The molecule has 0 aliphatic carbocycles. The van der Waals surface area contributed by atoms with Crippen LogP contribution in [0.2, 0.25) is 10.0 Å². The van der Waals surface area contributed by atoms with Crippen LogP contribution < -0.4 is 5.32 Å². The number of anilines is 1. The van der Waals surface area contributed by atoms with Crippen molar-refractivity contribution in [1.82, 2.24) is 4.31 Å². The first-order chi connectivity index (χ1) is 10.9. The van der Waals surface area contributed by atoms with Crippen LogP contribution in [0, 0.1) is 0 Å². The topological polar surface area (TPSA) is 66.5 Å². The van der Waals surface area contributed by atoms with E-state index in [1.54, 1.807) is 0 Å². The van der Waals surface area contributed by atoms with Gasteiger partial charge < -0.3 is 5.32 Å². The number of hydrogen-bond donors (Lipinski definition) is 1. The molecule has 0 saturated heterocycles. The van der Waals surface area contributed by atoms with E-state index in [2.05, 4.69) is 12.2 Å². The second-order valence-electron chi connectivity index (χ2n) is 5.54. The van der Waals surface area contributed by atoms with Gasteiger partial charge in [-0.15, -0.1) is 0 Å². The van der Waals surface area contributed by atoms with Crippen molar-refractivity contribution in [2.45, 2.75) is 50.3 Å². The summed E-state index contributed by atoms with van der Waals surface area (Å²) in [7, 11) is -3.95. The fraction of sp³-hybridized carbons (Fsp3) is 0.533. The lowest BCUT2D eigenvalue weighted by molar-refractivity contribution is 0.234. The van der Waals surface area contributed by atoms with Crippen LogP contribution in [0.3, 0.4) is 0 Å². The third-order valence-corrected chi connectivity index (χ3v) is 6.25. The SMILES string of the molecule is CCCCCCCCN1C(=O)Nc2cc(Cl)cc(Cl)c2S1(=O)=O. The molecule has 8 heteroatoms. The van der Waals surface area contributed by atoms with Crippen LogP contribution >= 0.6 is 23.2 Å². The average molecular weight is 379 g/mol. The minimum absolute atomic E-state index is 0.0143. The normalized spacial score (nSPS) is 16.1. The molecule has 1 aromatic rings. The van der Waals surface area contributed by atoms with E-state index in [9.17, 15) is 13.2 Å². The quantitative estimate of drug-likeness (QED) is 0.686. The van der Waals surface area contributed by atoms with Crippen molar-refractivity contribution in [1.29, 1.82) is 0 Å². The van der Waals surface area contributed by atoms with Crippen LogP contribution in [0.4, 0.5) is 10.5 Å². The molecule has 0 saturated carbocycles. The van der Waals surface area contributed by atoms with Crippen molar-refractivity contribution in [3.05, 3.63) is 22.2 Å². The Morgan fingerprint density at radius 2 is 1.74 bits per heavy atom. The molecule has 1 aliphatic heterocycles. The van der Waals surface area contributed by atoms with Crippen LogP contribution in [0.1, 0.15) is 45.4 Å². The van der Waals surface area contributed by atoms with E-state index in [4.69, 9.17) is 23.2 Å². The highest BCUT2D eigenvalue weighted by Crippen LogP contribution is 2.38. The summed E-state index contributed by atoms with van der Waals surface area (Å²) in [5.74, 6) is 0. The van der Waals surface area contributed by atoms with Crippen molar-refractivity contribution in [3.8, 4) is 0 Å². The molecule has 1 aromatic carbocycles. The first-order valence-electron chi connectivity index (χ1n) is 7.70. The van der Waals surface area contributed by atoms with Gasteiger partial charge in [-0.1, -0.05) is 62.2 Å². The summed E-state index contributed by atoms with van der Waals surface area (Å²) in [6, 6.07) is 2.09. The summed E-state index contributed by atoms with van der Waals surface area (Å²) in [5, 5.41) is 2.83. The zero-order valence-corrected chi connectivity index (χ0v) is 15.3. The van der Waals surface area contributed by atoms with Gasteiger partial charge in [-0.2, -0.15) is 0 Å². The molecule has 2 rings (SSSR count). The highest BCUT2D eigenvalue weighted by molar-refractivity contribution is 7.90. The lowest BCUT2D eigenvalue weighted by Crippen LogP contribution is -2.44. The first-order valence-corrected chi connectivity index (χ1v) is 9.90. The molecular formula is C15H20Cl2N2O3S. The zero-order chi connectivity index (χ0) is 17.0. The van der Waals surface area contributed by atoms with Gasteiger partial charge in [0, 0.05) is 11.6 Å². The summed E-state index contributed by atoms with van der Waals surface area (Å²) < 4.78 is 26.2. The second-order valence-corrected chi connectivity index (χ2v) is 8.18. The first kappa shape index (κ1) is 18.4. The Morgan fingerprint density at radius 1 is 1.09 bits per heavy atom. The van der Waals surface area contributed by atoms with Crippen molar-refractivity contribution in [2.75, 3.05) is 11.9 Å². The Hall–Kier alpha value is -0.980. The molecule has 23 heavy (non-hydrogen) atoms. The van der Waals surface area contributed by atoms with Gasteiger partial charge in [0.05, 0.1) is 10.7 Å². The third kappa shape index (κ3) is 4.11. The van der Waals surface area contributed by atoms with Crippen LogP contribution in [0.25, 0.3) is 0 Å².